The molecule has 0 aromatic carbocycles. The number of hydrogen-bond donors (Lipinski definition) is 1. The first-order valence-electron chi connectivity index (χ1n) is 4.05. The summed E-state index contributed by atoms with van der Waals surface area (Å²) >= 11 is 0. The van der Waals surface area contributed by atoms with Gasteiger partial charge >= 0.3 is 0 Å². The number of aliphatic imine (C=N–C) groups is 1. The lowest BCUT2D eigenvalue weighted by atomic mass is 10.3. The second-order valence-electron chi connectivity index (χ2n) is 2.74. The summed E-state index contributed by atoms with van der Waals surface area (Å²) in [5.41, 5.74) is 5.42. The highest BCUT2D eigenvalue weighted by Gasteiger charge is 2.06. The van der Waals surface area contributed by atoms with Crippen molar-refractivity contribution in [3.8, 4) is 0 Å². The second kappa shape index (κ2) is 5.29. The summed E-state index contributed by atoms with van der Waals surface area (Å²) in [6, 6.07) is 0. The Morgan fingerprint density at radius 2 is 2.00 bits per heavy atom. The van der Waals surface area contributed by atoms with E-state index in [1.54, 1.807) is 14.0 Å². The third-order valence-electron chi connectivity index (χ3n) is 1.47. The Morgan fingerprint density at radius 1 is 1.46 bits per heavy atom. The lowest BCUT2D eigenvalue weighted by Gasteiger charge is -2.15. The molecule has 0 radical (unpaired) electrons. The van der Waals surface area contributed by atoms with Crippen LogP contribution in [0.2, 0.25) is 0 Å². The Morgan fingerprint density at radius 3 is 2.38 bits per heavy atom. The Hall–Kier alpha value is -1.39. The van der Waals surface area contributed by atoms with E-state index in [2.05, 4.69) is 4.99 Å². The van der Waals surface area contributed by atoms with Crippen LogP contribution in [0.1, 0.15) is 20.3 Å². The van der Waals surface area contributed by atoms with Crippen molar-refractivity contribution in [2.24, 2.45) is 10.7 Å². The van der Waals surface area contributed by atoms with Crippen molar-refractivity contribution in [1.82, 2.24) is 4.90 Å². The SMILES string of the molecule is CCC(=O)CN(C)C(N)=NC(C)=O. The van der Waals surface area contributed by atoms with Gasteiger partial charge in [0.2, 0.25) is 5.91 Å². The maximum absolute atomic E-state index is 11.0. The number of likely N-dealkylation sites (N-methyl/N-ethyl adjacent to an activating group) is 1. The van der Waals surface area contributed by atoms with Gasteiger partial charge in [0, 0.05) is 20.4 Å². The maximum atomic E-state index is 11.0. The zero-order chi connectivity index (χ0) is 10.4. The Balaban J connectivity index is 4.18. The maximum Gasteiger partial charge on any atom is 0.245 e. The summed E-state index contributed by atoms with van der Waals surface area (Å²) in [5.74, 6) is -0.230. The molecule has 0 aliphatic carbocycles. The quantitative estimate of drug-likeness (QED) is 0.486. The van der Waals surface area contributed by atoms with Crippen molar-refractivity contribution < 1.29 is 9.59 Å². The molecule has 0 rings (SSSR count). The summed E-state index contributed by atoms with van der Waals surface area (Å²) in [5, 5.41) is 0. The standard InChI is InChI=1S/C8H15N3O2/c1-4-7(13)5-11(3)8(9)10-6(2)12/h4-5H2,1-3H3,(H2,9,10,12). The van der Waals surface area contributed by atoms with Crippen LogP contribution in [0.4, 0.5) is 0 Å². The zero-order valence-corrected chi connectivity index (χ0v) is 8.20. The number of nitrogens with zero attached hydrogens (tertiary/aromatic N) is 2. The van der Waals surface area contributed by atoms with Crippen LogP contribution in [-0.4, -0.2) is 36.1 Å². The molecule has 0 atom stereocenters. The van der Waals surface area contributed by atoms with Crippen molar-refractivity contribution in [3.05, 3.63) is 0 Å². The highest BCUT2D eigenvalue weighted by Crippen LogP contribution is 1.88. The molecule has 0 saturated carbocycles. The molecule has 0 aliphatic rings. The van der Waals surface area contributed by atoms with Crippen molar-refractivity contribution in [1.29, 1.82) is 0 Å². The number of carbonyl (C=O) groups is 2. The molecule has 0 aromatic rings. The molecule has 0 unspecified atom stereocenters. The van der Waals surface area contributed by atoms with E-state index >= 15 is 0 Å². The van der Waals surface area contributed by atoms with Gasteiger partial charge < -0.3 is 10.6 Å². The van der Waals surface area contributed by atoms with Crippen LogP contribution in [-0.2, 0) is 9.59 Å². The van der Waals surface area contributed by atoms with Crippen LogP contribution in [0.25, 0.3) is 0 Å². The van der Waals surface area contributed by atoms with Crippen LogP contribution >= 0.6 is 0 Å². The summed E-state index contributed by atoms with van der Waals surface area (Å²) in [4.78, 5) is 26.5. The van der Waals surface area contributed by atoms with Crippen molar-refractivity contribution in [3.63, 3.8) is 0 Å². The van der Waals surface area contributed by atoms with E-state index < -0.39 is 0 Å². The van der Waals surface area contributed by atoms with Gasteiger partial charge in [-0.05, 0) is 0 Å². The number of amides is 1. The van der Waals surface area contributed by atoms with E-state index in [4.69, 9.17) is 5.73 Å². The second-order valence-corrected chi connectivity index (χ2v) is 2.74. The minimum Gasteiger partial charge on any atom is -0.369 e. The number of guanidine groups is 1. The van der Waals surface area contributed by atoms with Crippen molar-refractivity contribution >= 4 is 17.6 Å². The highest BCUT2D eigenvalue weighted by atomic mass is 16.1. The van der Waals surface area contributed by atoms with E-state index in [1.807, 2.05) is 0 Å². The number of rotatable bonds is 3. The van der Waals surface area contributed by atoms with Gasteiger partial charge in [-0.2, -0.15) is 4.99 Å². The average Bonchev–Trinajstić information content (AvgIpc) is 2.02. The van der Waals surface area contributed by atoms with Gasteiger partial charge in [0.25, 0.3) is 0 Å². The number of hydrogen-bond acceptors (Lipinski definition) is 2. The molecule has 13 heavy (non-hydrogen) atoms. The van der Waals surface area contributed by atoms with Gasteiger partial charge in [-0.1, -0.05) is 6.92 Å². The predicted octanol–water partition coefficient (Wildman–Crippen LogP) is -0.242. The van der Waals surface area contributed by atoms with Gasteiger partial charge in [0.05, 0.1) is 6.54 Å². The molecule has 0 aliphatic heterocycles. The number of Topliss-reactive ketones (excluding diaryl/α,β-unsaturated/α-hetero) is 1. The van der Waals surface area contributed by atoms with Crippen LogP contribution in [0.5, 0.6) is 0 Å². The summed E-state index contributed by atoms with van der Waals surface area (Å²) in [6.07, 6.45) is 0.456. The van der Waals surface area contributed by atoms with Crippen molar-refractivity contribution in [2.75, 3.05) is 13.6 Å². The van der Waals surface area contributed by atoms with E-state index in [0.717, 1.165) is 0 Å². The number of nitrogens with two attached hydrogens (primary N) is 1. The van der Waals surface area contributed by atoms with Gasteiger partial charge in [0.1, 0.15) is 0 Å². The fourth-order valence-electron chi connectivity index (χ4n) is 0.704. The molecule has 0 heterocycles. The minimum absolute atomic E-state index is 0.0594. The Kier molecular flexibility index (Phi) is 4.72. The third-order valence-corrected chi connectivity index (χ3v) is 1.47. The van der Waals surface area contributed by atoms with Gasteiger partial charge in [-0.3, -0.25) is 9.59 Å². The minimum atomic E-state index is -0.367. The van der Waals surface area contributed by atoms with Gasteiger partial charge in [0.15, 0.2) is 11.7 Å². The molecule has 0 saturated heterocycles. The lowest BCUT2D eigenvalue weighted by molar-refractivity contribution is -0.119. The fourth-order valence-corrected chi connectivity index (χ4v) is 0.704. The molecule has 0 spiro atoms. The van der Waals surface area contributed by atoms with E-state index in [9.17, 15) is 9.59 Å². The van der Waals surface area contributed by atoms with E-state index in [0.29, 0.717) is 6.42 Å². The van der Waals surface area contributed by atoms with Crippen LogP contribution in [0, 0.1) is 0 Å². The summed E-state index contributed by atoms with van der Waals surface area (Å²) in [6.45, 7) is 3.27. The molecule has 1 amide bonds. The van der Waals surface area contributed by atoms with Gasteiger partial charge in [-0.25, -0.2) is 0 Å². The number of carbonyl (C=O) groups excluding carboxylic acids is 2. The molecular formula is C8H15N3O2. The predicted molar refractivity (Wildman–Crippen MR) is 50.2 cm³/mol. The molecule has 74 valence electrons. The largest absolute Gasteiger partial charge is 0.369 e. The van der Waals surface area contributed by atoms with E-state index in [1.165, 1.54) is 11.8 Å². The molecule has 0 bridgehead atoms. The molecular weight excluding hydrogens is 170 g/mol. The monoisotopic (exact) mass is 185 g/mol. The number of ketones is 1. The third kappa shape index (κ3) is 4.95. The first kappa shape index (κ1) is 11.6. The normalized spacial score (nSPS) is 11.2. The van der Waals surface area contributed by atoms with Crippen molar-refractivity contribution in [2.45, 2.75) is 20.3 Å². The molecule has 2 N–H and O–H groups in total. The zero-order valence-electron chi connectivity index (χ0n) is 8.20. The van der Waals surface area contributed by atoms with Gasteiger partial charge in [-0.15, -0.1) is 0 Å². The van der Waals surface area contributed by atoms with Crippen LogP contribution in [0.15, 0.2) is 4.99 Å². The summed E-state index contributed by atoms with van der Waals surface area (Å²) < 4.78 is 0. The highest BCUT2D eigenvalue weighted by molar-refractivity contribution is 5.93. The lowest BCUT2D eigenvalue weighted by Crippen LogP contribution is -2.38. The fraction of sp³-hybridized carbons (Fsp3) is 0.625. The van der Waals surface area contributed by atoms with Crippen LogP contribution in [0.3, 0.4) is 0 Å². The van der Waals surface area contributed by atoms with E-state index in [-0.39, 0.29) is 24.2 Å². The first-order valence-corrected chi connectivity index (χ1v) is 4.05. The Bertz CT molecular complexity index is 236. The smallest absolute Gasteiger partial charge is 0.245 e. The topological polar surface area (TPSA) is 75.8 Å². The first-order chi connectivity index (χ1) is 5.97. The average molecular weight is 185 g/mol. The van der Waals surface area contributed by atoms with Crippen LogP contribution < -0.4 is 5.73 Å². The molecule has 5 nitrogen and oxygen atoms in total. The Labute approximate surface area is 77.6 Å². The molecule has 5 heteroatoms. The molecule has 0 fully saturated rings. The molecule has 0 aromatic heterocycles. The summed E-state index contributed by atoms with van der Waals surface area (Å²) in [7, 11) is 1.62.